The number of aromatic nitrogens is 2. The van der Waals surface area contributed by atoms with Crippen molar-refractivity contribution in [2.75, 3.05) is 25.0 Å². The van der Waals surface area contributed by atoms with Crippen LogP contribution in [0, 0.1) is 6.92 Å². The number of ether oxygens (including phenoxy) is 1. The summed E-state index contributed by atoms with van der Waals surface area (Å²) in [5.74, 6) is 0.386. The number of amides is 2. The summed E-state index contributed by atoms with van der Waals surface area (Å²) in [6.45, 7) is 4.42. The number of Topliss-reactive ketones (excluding diaryl/α,β-unsaturated/α-hetero) is 1. The number of fused-ring (bicyclic) bond motifs is 1. The minimum atomic E-state index is -0.371. The van der Waals surface area contributed by atoms with Crippen LogP contribution in [-0.4, -0.2) is 40.8 Å². The first-order valence-corrected chi connectivity index (χ1v) is 11.9. The molecule has 0 saturated heterocycles. The van der Waals surface area contributed by atoms with Gasteiger partial charge in [0.15, 0.2) is 17.2 Å². The zero-order valence-corrected chi connectivity index (χ0v) is 22.5. The van der Waals surface area contributed by atoms with Gasteiger partial charge in [-0.25, -0.2) is 9.78 Å². The molecule has 2 amide bonds. The quantitative estimate of drug-likeness (QED) is 0.293. The van der Waals surface area contributed by atoms with Gasteiger partial charge in [-0.3, -0.25) is 9.20 Å². The molecule has 0 atom stereocenters. The molecule has 3 rings (SSSR count). The summed E-state index contributed by atoms with van der Waals surface area (Å²) in [5.41, 5.74) is 2.64. The van der Waals surface area contributed by atoms with Gasteiger partial charge < -0.3 is 20.7 Å². The van der Waals surface area contributed by atoms with Gasteiger partial charge in [-0.1, -0.05) is 30.1 Å². The molecule has 2 heterocycles. The topological polar surface area (TPSA) is 96.8 Å². The zero-order chi connectivity index (χ0) is 24.0. The van der Waals surface area contributed by atoms with Gasteiger partial charge in [0, 0.05) is 23.3 Å². The Hall–Kier alpha value is -2.20. The third-order valence-electron chi connectivity index (χ3n) is 4.73. The van der Waals surface area contributed by atoms with Gasteiger partial charge in [0.2, 0.25) is 0 Å². The Labute approximate surface area is 222 Å². The van der Waals surface area contributed by atoms with E-state index in [1.54, 1.807) is 12.1 Å². The van der Waals surface area contributed by atoms with Crippen LogP contribution in [0.25, 0.3) is 5.65 Å². The second-order valence-electron chi connectivity index (χ2n) is 7.23. The SMILES string of the molecule is CCCNC(=O)NCC(=O)CNc1ccc(Cl)c(COc2cccn3c(Br)c(C)nc23)c1Cl.Cl. The maximum atomic E-state index is 12.1. The molecule has 1 aromatic carbocycles. The van der Waals surface area contributed by atoms with E-state index >= 15 is 0 Å². The van der Waals surface area contributed by atoms with Crippen molar-refractivity contribution < 1.29 is 14.3 Å². The lowest BCUT2D eigenvalue weighted by Crippen LogP contribution is -2.40. The van der Waals surface area contributed by atoms with E-state index in [0.717, 1.165) is 16.7 Å². The molecule has 0 saturated carbocycles. The van der Waals surface area contributed by atoms with Gasteiger partial charge in [-0.15, -0.1) is 12.4 Å². The predicted octanol–water partition coefficient (Wildman–Crippen LogP) is 5.40. The number of carbonyl (C=O) groups is 2. The monoisotopic (exact) mass is 591 g/mol. The number of rotatable bonds is 10. The first-order valence-electron chi connectivity index (χ1n) is 10.3. The number of anilines is 1. The molecule has 0 aliphatic rings. The molecule has 3 N–H and O–H groups in total. The Morgan fingerprint density at radius 2 is 1.94 bits per heavy atom. The van der Waals surface area contributed by atoms with Crippen molar-refractivity contribution in [3.8, 4) is 5.75 Å². The Kier molecular flexibility index (Phi) is 10.8. The molecule has 8 nitrogen and oxygen atoms in total. The summed E-state index contributed by atoms with van der Waals surface area (Å²) in [4.78, 5) is 28.2. The summed E-state index contributed by atoms with van der Waals surface area (Å²) >= 11 is 16.4. The first kappa shape index (κ1) is 28.0. The molecule has 0 aliphatic heterocycles. The third-order valence-corrected chi connectivity index (χ3v) is 6.47. The van der Waals surface area contributed by atoms with Gasteiger partial charge in [-0.05, 0) is 53.5 Å². The standard InChI is InChI=1S/C22H24BrCl2N5O3.ClH/c1-3-8-26-22(32)28-11-14(31)10-27-17-7-6-16(24)15(19(17)25)12-33-18-5-4-9-30-20(23)13(2)29-21(18)30;/h4-7,9,27H,3,8,10-12H2,1-2H3,(H2,26,28,32);1H. The highest BCUT2D eigenvalue weighted by Gasteiger charge is 2.15. The van der Waals surface area contributed by atoms with Crippen LogP contribution in [0.15, 0.2) is 35.1 Å². The smallest absolute Gasteiger partial charge is 0.315 e. The summed E-state index contributed by atoms with van der Waals surface area (Å²) in [6.07, 6.45) is 2.70. The summed E-state index contributed by atoms with van der Waals surface area (Å²) in [6, 6.07) is 6.69. The molecule has 0 bridgehead atoms. The average Bonchev–Trinajstić information content (AvgIpc) is 3.10. The fourth-order valence-corrected chi connectivity index (χ4v) is 3.91. The van der Waals surface area contributed by atoms with Crippen LogP contribution in [0.1, 0.15) is 24.6 Å². The highest BCUT2D eigenvalue weighted by atomic mass is 79.9. The number of ketones is 1. The minimum absolute atomic E-state index is 0. The highest BCUT2D eigenvalue weighted by molar-refractivity contribution is 9.10. The van der Waals surface area contributed by atoms with Crippen molar-refractivity contribution in [1.82, 2.24) is 20.0 Å². The molecule has 3 aromatic rings. The van der Waals surface area contributed by atoms with Gasteiger partial charge in [-0.2, -0.15) is 0 Å². The van der Waals surface area contributed by atoms with Crippen LogP contribution in [0.4, 0.5) is 10.5 Å². The Morgan fingerprint density at radius 1 is 1.18 bits per heavy atom. The van der Waals surface area contributed by atoms with E-state index in [9.17, 15) is 9.59 Å². The largest absolute Gasteiger partial charge is 0.485 e. The molecule has 2 aromatic heterocycles. The second-order valence-corrected chi connectivity index (χ2v) is 8.77. The van der Waals surface area contributed by atoms with E-state index in [2.05, 4.69) is 36.9 Å². The Balaban J connectivity index is 0.00000408. The number of aryl methyl sites for hydroxylation is 1. The molecule has 184 valence electrons. The van der Waals surface area contributed by atoms with Gasteiger partial charge in [0.25, 0.3) is 0 Å². The molecule has 0 spiro atoms. The van der Waals surface area contributed by atoms with Crippen molar-refractivity contribution >= 4 is 74.7 Å². The van der Waals surface area contributed by atoms with Crippen molar-refractivity contribution in [1.29, 1.82) is 0 Å². The van der Waals surface area contributed by atoms with Gasteiger partial charge in [0.05, 0.1) is 29.5 Å². The van der Waals surface area contributed by atoms with Crippen molar-refractivity contribution in [2.45, 2.75) is 26.9 Å². The van der Waals surface area contributed by atoms with E-state index in [1.165, 1.54) is 0 Å². The van der Waals surface area contributed by atoms with Crippen LogP contribution in [-0.2, 0) is 11.4 Å². The van der Waals surface area contributed by atoms with Crippen LogP contribution in [0.2, 0.25) is 10.0 Å². The molecule has 34 heavy (non-hydrogen) atoms. The molecule has 0 radical (unpaired) electrons. The number of hydrogen-bond donors (Lipinski definition) is 3. The molecule has 0 aliphatic carbocycles. The number of hydrogen-bond acceptors (Lipinski definition) is 5. The number of benzene rings is 1. The number of halogens is 4. The zero-order valence-electron chi connectivity index (χ0n) is 18.6. The fraction of sp³-hybridized carbons (Fsp3) is 0.318. The van der Waals surface area contributed by atoms with E-state index in [1.807, 2.05) is 36.6 Å². The summed E-state index contributed by atoms with van der Waals surface area (Å²) < 4.78 is 8.73. The fourth-order valence-electron chi connectivity index (χ4n) is 2.99. The lowest BCUT2D eigenvalue weighted by Gasteiger charge is -2.14. The number of carbonyl (C=O) groups excluding carboxylic acids is 2. The number of urea groups is 1. The van der Waals surface area contributed by atoms with E-state index in [0.29, 0.717) is 39.2 Å². The maximum Gasteiger partial charge on any atom is 0.315 e. The summed E-state index contributed by atoms with van der Waals surface area (Å²) in [7, 11) is 0. The lowest BCUT2D eigenvalue weighted by atomic mass is 10.2. The van der Waals surface area contributed by atoms with Crippen molar-refractivity contribution in [3.05, 3.63) is 56.4 Å². The van der Waals surface area contributed by atoms with E-state index in [4.69, 9.17) is 27.9 Å². The van der Waals surface area contributed by atoms with Crippen LogP contribution >= 0.6 is 51.5 Å². The van der Waals surface area contributed by atoms with Gasteiger partial charge in [0.1, 0.15) is 11.2 Å². The molecular weight excluding hydrogens is 569 g/mol. The first-order chi connectivity index (χ1) is 15.8. The van der Waals surface area contributed by atoms with Crippen molar-refractivity contribution in [3.63, 3.8) is 0 Å². The number of imidazole rings is 1. The Morgan fingerprint density at radius 3 is 2.68 bits per heavy atom. The van der Waals surface area contributed by atoms with Crippen LogP contribution in [0.5, 0.6) is 5.75 Å². The molecule has 0 unspecified atom stereocenters. The lowest BCUT2D eigenvalue weighted by molar-refractivity contribution is -0.116. The number of pyridine rings is 1. The molecule has 0 fully saturated rings. The minimum Gasteiger partial charge on any atom is -0.485 e. The van der Waals surface area contributed by atoms with E-state index in [-0.39, 0.29) is 43.9 Å². The second kappa shape index (κ2) is 13.0. The van der Waals surface area contributed by atoms with E-state index < -0.39 is 0 Å². The third kappa shape index (κ3) is 6.91. The predicted molar refractivity (Wildman–Crippen MR) is 141 cm³/mol. The average molecular weight is 594 g/mol. The highest BCUT2D eigenvalue weighted by Crippen LogP contribution is 2.33. The van der Waals surface area contributed by atoms with Crippen LogP contribution in [0.3, 0.4) is 0 Å². The normalized spacial score (nSPS) is 10.5. The maximum absolute atomic E-state index is 12.1. The molecule has 12 heteroatoms. The van der Waals surface area contributed by atoms with Crippen LogP contribution < -0.4 is 20.7 Å². The van der Waals surface area contributed by atoms with Crippen molar-refractivity contribution in [2.24, 2.45) is 0 Å². The number of nitrogens with one attached hydrogen (secondary N) is 3. The summed E-state index contributed by atoms with van der Waals surface area (Å²) in [5, 5.41) is 8.97. The number of nitrogens with zero attached hydrogens (tertiary/aromatic N) is 2. The Bertz CT molecular complexity index is 1170. The van der Waals surface area contributed by atoms with Gasteiger partial charge >= 0.3 is 6.03 Å². The molecular formula is C22H25BrCl3N5O3.